The number of ketones is 1. The first-order valence-corrected chi connectivity index (χ1v) is 5.66. The van der Waals surface area contributed by atoms with Crippen molar-refractivity contribution in [2.45, 2.75) is 13.8 Å². The van der Waals surface area contributed by atoms with Crippen molar-refractivity contribution in [3.63, 3.8) is 0 Å². The maximum atomic E-state index is 11.5. The van der Waals surface area contributed by atoms with Gasteiger partial charge in [0.1, 0.15) is 0 Å². The summed E-state index contributed by atoms with van der Waals surface area (Å²) >= 11 is 0. The van der Waals surface area contributed by atoms with Gasteiger partial charge in [-0.1, -0.05) is 19.9 Å². The molecule has 0 radical (unpaired) electrons. The molecule has 0 aliphatic carbocycles. The van der Waals surface area contributed by atoms with E-state index in [9.17, 15) is 9.90 Å². The molecule has 0 atom stereocenters. The number of carbonyl (C=O) groups excluding carboxylic acids is 1. The smallest absolute Gasteiger partial charge is 0.200 e. The second-order valence-corrected chi connectivity index (χ2v) is 4.16. The molecule has 1 aromatic carbocycles. The van der Waals surface area contributed by atoms with Crippen molar-refractivity contribution in [1.29, 1.82) is 0 Å². The van der Waals surface area contributed by atoms with Crippen LogP contribution in [0.2, 0.25) is 0 Å². The van der Waals surface area contributed by atoms with Crippen LogP contribution in [-0.4, -0.2) is 25.1 Å². The maximum absolute atomic E-state index is 11.5. The van der Waals surface area contributed by atoms with Crippen LogP contribution in [0.5, 0.6) is 17.2 Å². The molecule has 0 aliphatic heterocycles. The normalized spacial score (nSPS) is 10.9. The topological polar surface area (TPSA) is 55.8 Å². The molecule has 4 heteroatoms. The zero-order chi connectivity index (χ0) is 13.7. The van der Waals surface area contributed by atoms with Crippen LogP contribution in [0.1, 0.15) is 19.4 Å². The molecular weight excluding hydrogens is 232 g/mol. The molecule has 0 amide bonds. The molecule has 1 rings (SSSR count). The van der Waals surface area contributed by atoms with Gasteiger partial charge in [-0.15, -0.1) is 0 Å². The van der Waals surface area contributed by atoms with Crippen LogP contribution in [-0.2, 0) is 4.79 Å². The van der Waals surface area contributed by atoms with Gasteiger partial charge in [-0.2, -0.15) is 0 Å². The minimum absolute atomic E-state index is 0.0397. The lowest BCUT2D eigenvalue weighted by Gasteiger charge is -2.09. The summed E-state index contributed by atoms with van der Waals surface area (Å²) in [6.45, 7) is 3.68. The number of phenolic OH excluding ortho intramolecular Hbond substituents is 1. The number of benzene rings is 1. The fourth-order valence-electron chi connectivity index (χ4n) is 1.38. The Morgan fingerprint density at radius 3 is 2.11 bits per heavy atom. The van der Waals surface area contributed by atoms with Crippen LogP contribution >= 0.6 is 0 Å². The number of phenols is 1. The van der Waals surface area contributed by atoms with E-state index in [0.717, 1.165) is 5.56 Å². The number of hydrogen-bond donors (Lipinski definition) is 1. The molecule has 0 bridgehead atoms. The van der Waals surface area contributed by atoms with Crippen LogP contribution in [0, 0.1) is 5.92 Å². The van der Waals surface area contributed by atoms with Gasteiger partial charge in [0.15, 0.2) is 17.3 Å². The average molecular weight is 250 g/mol. The SMILES string of the molecule is COc1cc(/C=C/C(=O)C(C)C)cc(OC)c1O. The summed E-state index contributed by atoms with van der Waals surface area (Å²) in [5.74, 6) is 0.576. The van der Waals surface area contributed by atoms with E-state index in [4.69, 9.17) is 9.47 Å². The van der Waals surface area contributed by atoms with Crippen molar-refractivity contribution in [1.82, 2.24) is 0 Å². The molecule has 0 fully saturated rings. The second-order valence-electron chi connectivity index (χ2n) is 4.16. The number of ether oxygens (including phenoxy) is 2. The Morgan fingerprint density at radius 2 is 1.72 bits per heavy atom. The van der Waals surface area contributed by atoms with Crippen molar-refractivity contribution in [2.24, 2.45) is 5.92 Å². The van der Waals surface area contributed by atoms with Crippen molar-refractivity contribution in [3.8, 4) is 17.2 Å². The molecule has 1 N–H and O–H groups in total. The molecular formula is C14H18O4. The van der Waals surface area contributed by atoms with E-state index in [1.165, 1.54) is 20.3 Å². The largest absolute Gasteiger partial charge is 0.502 e. The van der Waals surface area contributed by atoms with Crippen LogP contribution in [0.15, 0.2) is 18.2 Å². The average Bonchev–Trinajstić information content (AvgIpc) is 2.36. The highest BCUT2D eigenvalue weighted by molar-refractivity contribution is 5.95. The van der Waals surface area contributed by atoms with Gasteiger partial charge in [-0.3, -0.25) is 4.79 Å². The fraction of sp³-hybridized carbons (Fsp3) is 0.357. The highest BCUT2D eigenvalue weighted by Crippen LogP contribution is 2.37. The minimum Gasteiger partial charge on any atom is -0.502 e. The third-order valence-corrected chi connectivity index (χ3v) is 2.51. The van der Waals surface area contributed by atoms with Crippen LogP contribution in [0.4, 0.5) is 0 Å². The lowest BCUT2D eigenvalue weighted by molar-refractivity contribution is -0.117. The van der Waals surface area contributed by atoms with E-state index in [-0.39, 0.29) is 17.5 Å². The highest BCUT2D eigenvalue weighted by atomic mass is 16.5. The van der Waals surface area contributed by atoms with Gasteiger partial charge in [0.05, 0.1) is 14.2 Å². The van der Waals surface area contributed by atoms with Crippen LogP contribution < -0.4 is 9.47 Å². The van der Waals surface area contributed by atoms with Crippen molar-refractivity contribution in [2.75, 3.05) is 14.2 Å². The first kappa shape index (κ1) is 14.1. The summed E-state index contributed by atoms with van der Waals surface area (Å²) < 4.78 is 10.1. The molecule has 0 saturated heterocycles. The zero-order valence-corrected chi connectivity index (χ0v) is 11.1. The summed E-state index contributed by atoms with van der Waals surface area (Å²) in [6.07, 6.45) is 3.18. The van der Waals surface area contributed by atoms with Gasteiger partial charge in [-0.25, -0.2) is 0 Å². The molecule has 1 aromatic rings. The van der Waals surface area contributed by atoms with Gasteiger partial charge < -0.3 is 14.6 Å². The summed E-state index contributed by atoms with van der Waals surface area (Å²) in [4.78, 5) is 11.5. The van der Waals surface area contributed by atoms with E-state index in [1.54, 1.807) is 18.2 Å². The first-order chi connectivity index (χ1) is 8.49. The standard InChI is InChI=1S/C14H18O4/c1-9(2)11(15)6-5-10-7-12(17-3)14(16)13(8-10)18-4/h5-9,16H,1-4H3/b6-5+. The predicted octanol–water partition coefficient (Wildman–Crippen LogP) is 2.65. The molecule has 98 valence electrons. The quantitative estimate of drug-likeness (QED) is 0.816. The first-order valence-electron chi connectivity index (χ1n) is 5.66. The zero-order valence-electron chi connectivity index (χ0n) is 11.1. The Kier molecular flexibility index (Phi) is 4.77. The fourth-order valence-corrected chi connectivity index (χ4v) is 1.38. The Morgan fingerprint density at radius 1 is 1.22 bits per heavy atom. The van der Waals surface area contributed by atoms with E-state index in [0.29, 0.717) is 11.5 Å². The molecule has 0 aliphatic rings. The van der Waals surface area contributed by atoms with Gasteiger partial charge in [0, 0.05) is 5.92 Å². The monoisotopic (exact) mass is 250 g/mol. The van der Waals surface area contributed by atoms with E-state index >= 15 is 0 Å². The molecule has 4 nitrogen and oxygen atoms in total. The number of aromatic hydroxyl groups is 1. The molecule has 0 spiro atoms. The van der Waals surface area contributed by atoms with Crippen molar-refractivity contribution < 1.29 is 19.4 Å². The van der Waals surface area contributed by atoms with Crippen molar-refractivity contribution >= 4 is 11.9 Å². The van der Waals surface area contributed by atoms with E-state index < -0.39 is 0 Å². The predicted molar refractivity (Wildman–Crippen MR) is 70.1 cm³/mol. The Hall–Kier alpha value is -1.97. The maximum Gasteiger partial charge on any atom is 0.200 e. The third-order valence-electron chi connectivity index (χ3n) is 2.51. The Balaban J connectivity index is 3.07. The Bertz CT molecular complexity index is 436. The number of carbonyl (C=O) groups is 1. The lowest BCUT2D eigenvalue weighted by Crippen LogP contribution is -2.01. The van der Waals surface area contributed by atoms with Gasteiger partial charge in [0.2, 0.25) is 5.75 Å². The second kappa shape index (κ2) is 6.10. The summed E-state index contributed by atoms with van der Waals surface area (Å²) in [7, 11) is 2.92. The number of methoxy groups -OCH3 is 2. The number of hydrogen-bond acceptors (Lipinski definition) is 4. The highest BCUT2D eigenvalue weighted by Gasteiger charge is 2.10. The summed E-state index contributed by atoms with van der Waals surface area (Å²) in [5, 5.41) is 9.74. The summed E-state index contributed by atoms with van der Waals surface area (Å²) in [6, 6.07) is 3.28. The summed E-state index contributed by atoms with van der Waals surface area (Å²) in [5.41, 5.74) is 0.732. The van der Waals surface area contributed by atoms with Crippen LogP contribution in [0.3, 0.4) is 0 Å². The molecule has 0 unspecified atom stereocenters. The lowest BCUT2D eigenvalue weighted by atomic mass is 10.1. The third kappa shape index (κ3) is 3.26. The number of rotatable bonds is 5. The Labute approximate surface area is 107 Å². The van der Waals surface area contributed by atoms with Gasteiger partial charge >= 0.3 is 0 Å². The van der Waals surface area contributed by atoms with Crippen LogP contribution in [0.25, 0.3) is 6.08 Å². The van der Waals surface area contributed by atoms with Gasteiger partial charge in [0.25, 0.3) is 0 Å². The van der Waals surface area contributed by atoms with Gasteiger partial charge in [-0.05, 0) is 23.8 Å². The van der Waals surface area contributed by atoms with Crippen molar-refractivity contribution in [3.05, 3.63) is 23.8 Å². The van der Waals surface area contributed by atoms with E-state index in [2.05, 4.69) is 0 Å². The number of allylic oxidation sites excluding steroid dienone is 1. The minimum atomic E-state index is -0.0488. The molecule has 0 heterocycles. The molecule has 0 saturated carbocycles. The van der Waals surface area contributed by atoms with E-state index in [1.807, 2.05) is 13.8 Å². The molecule has 18 heavy (non-hydrogen) atoms. The molecule has 0 aromatic heterocycles.